The third kappa shape index (κ3) is 5.70. The zero-order valence-corrected chi connectivity index (χ0v) is 17.7. The number of ketones is 1. The molecule has 0 unspecified atom stereocenters. The van der Waals surface area contributed by atoms with Crippen molar-refractivity contribution in [1.82, 2.24) is 14.8 Å². The van der Waals surface area contributed by atoms with Crippen LogP contribution in [0.5, 0.6) is 11.5 Å². The minimum atomic E-state index is -3.01. The van der Waals surface area contributed by atoms with Crippen molar-refractivity contribution in [3.05, 3.63) is 64.4 Å². The summed E-state index contributed by atoms with van der Waals surface area (Å²) in [6.45, 7) is -1.05. The first-order valence-corrected chi connectivity index (χ1v) is 10.2. The van der Waals surface area contributed by atoms with Gasteiger partial charge in [-0.3, -0.25) is 4.79 Å². The van der Waals surface area contributed by atoms with Gasteiger partial charge in [-0.1, -0.05) is 35.0 Å². The van der Waals surface area contributed by atoms with Crippen LogP contribution >= 0.6 is 23.4 Å². The molecule has 30 heavy (non-hydrogen) atoms. The fourth-order valence-corrected chi connectivity index (χ4v) is 3.48. The molecule has 0 aliphatic heterocycles. The number of nitrogens with zero attached hydrogens (tertiary/aromatic N) is 3. The van der Waals surface area contributed by atoms with Gasteiger partial charge in [-0.05, 0) is 43.3 Å². The Kier molecular flexibility index (Phi) is 7.28. The molecule has 6 nitrogen and oxygen atoms in total. The van der Waals surface area contributed by atoms with E-state index in [4.69, 9.17) is 16.3 Å². The number of ether oxygens (including phenoxy) is 2. The predicted molar refractivity (Wildman–Crippen MR) is 110 cm³/mol. The smallest absolute Gasteiger partial charge is 0.387 e. The van der Waals surface area contributed by atoms with E-state index in [0.717, 1.165) is 17.3 Å². The SMILES string of the molecule is Cc1ccc(OC(F)F)c(C(=O)CSc2nnc(COc3ccc(Cl)cc3)n2C)c1. The van der Waals surface area contributed by atoms with E-state index in [1.54, 1.807) is 48.9 Å². The van der Waals surface area contributed by atoms with Crippen LogP contribution in [0.25, 0.3) is 0 Å². The van der Waals surface area contributed by atoms with Gasteiger partial charge >= 0.3 is 6.61 Å². The molecule has 2 aromatic carbocycles. The third-order valence-corrected chi connectivity index (χ3v) is 5.36. The average Bonchev–Trinajstić information content (AvgIpc) is 3.06. The number of benzene rings is 2. The van der Waals surface area contributed by atoms with Crippen LogP contribution in [0.15, 0.2) is 47.6 Å². The Labute approximate surface area is 181 Å². The monoisotopic (exact) mass is 453 g/mol. The maximum absolute atomic E-state index is 12.6. The van der Waals surface area contributed by atoms with Gasteiger partial charge in [-0.2, -0.15) is 8.78 Å². The highest BCUT2D eigenvalue weighted by Crippen LogP contribution is 2.26. The van der Waals surface area contributed by atoms with Gasteiger partial charge in [-0.25, -0.2) is 0 Å². The van der Waals surface area contributed by atoms with Gasteiger partial charge in [-0.15, -0.1) is 10.2 Å². The Morgan fingerprint density at radius 3 is 2.63 bits per heavy atom. The molecule has 0 atom stereocenters. The Morgan fingerprint density at radius 1 is 1.20 bits per heavy atom. The first-order valence-electron chi connectivity index (χ1n) is 8.81. The molecule has 0 N–H and O–H groups in total. The summed E-state index contributed by atoms with van der Waals surface area (Å²) in [6, 6.07) is 11.4. The number of aryl methyl sites for hydroxylation is 1. The van der Waals surface area contributed by atoms with Crippen molar-refractivity contribution < 1.29 is 23.0 Å². The van der Waals surface area contributed by atoms with Crippen molar-refractivity contribution in [3.8, 4) is 11.5 Å². The Hall–Kier alpha value is -2.65. The van der Waals surface area contributed by atoms with Crippen LogP contribution in [0, 0.1) is 6.92 Å². The van der Waals surface area contributed by atoms with Crippen molar-refractivity contribution >= 4 is 29.1 Å². The van der Waals surface area contributed by atoms with E-state index < -0.39 is 6.61 Å². The topological polar surface area (TPSA) is 66.2 Å². The molecule has 0 amide bonds. The van der Waals surface area contributed by atoms with Gasteiger partial charge in [0.1, 0.15) is 18.1 Å². The molecule has 1 aromatic heterocycles. The van der Waals surface area contributed by atoms with Gasteiger partial charge < -0.3 is 14.0 Å². The molecule has 1 heterocycles. The van der Waals surface area contributed by atoms with Crippen LogP contribution in [-0.2, 0) is 13.7 Å². The molecular formula is C20H18ClF2N3O3S. The molecule has 3 aromatic rings. The second-order valence-corrected chi connectivity index (χ2v) is 7.67. The van der Waals surface area contributed by atoms with E-state index in [-0.39, 0.29) is 29.5 Å². The fraction of sp³-hybridized carbons (Fsp3) is 0.250. The lowest BCUT2D eigenvalue weighted by molar-refractivity contribution is -0.0501. The highest BCUT2D eigenvalue weighted by Gasteiger charge is 2.18. The summed E-state index contributed by atoms with van der Waals surface area (Å²) < 4.78 is 37.0. The standard InChI is InChI=1S/C20H18ClF2N3O3S/c1-12-3-8-17(29-19(22)23)15(9-12)16(27)11-30-20-25-24-18(26(20)2)10-28-14-6-4-13(21)5-7-14/h3-9,19H,10-11H2,1-2H3. The summed E-state index contributed by atoms with van der Waals surface area (Å²) in [4.78, 5) is 12.6. The number of carbonyl (C=O) groups is 1. The molecule has 0 radical (unpaired) electrons. The first kappa shape index (κ1) is 22.0. The molecule has 0 spiro atoms. The van der Waals surface area contributed by atoms with Crippen molar-refractivity contribution in [2.75, 3.05) is 5.75 Å². The second-order valence-electron chi connectivity index (χ2n) is 6.29. The van der Waals surface area contributed by atoms with Crippen LogP contribution in [0.1, 0.15) is 21.7 Å². The van der Waals surface area contributed by atoms with E-state index in [0.29, 0.717) is 21.8 Å². The average molecular weight is 454 g/mol. The summed E-state index contributed by atoms with van der Waals surface area (Å²) in [5.74, 6) is 0.708. The van der Waals surface area contributed by atoms with Gasteiger partial charge in [0.25, 0.3) is 0 Å². The molecule has 0 saturated heterocycles. The molecule has 0 saturated carbocycles. The summed E-state index contributed by atoms with van der Waals surface area (Å²) >= 11 is 7.00. The molecule has 0 aliphatic carbocycles. The molecule has 158 valence electrons. The van der Waals surface area contributed by atoms with Crippen LogP contribution in [0.2, 0.25) is 5.02 Å². The van der Waals surface area contributed by atoms with E-state index in [1.807, 2.05) is 0 Å². The summed E-state index contributed by atoms with van der Waals surface area (Å²) in [7, 11) is 1.76. The quantitative estimate of drug-likeness (QED) is 0.338. The van der Waals surface area contributed by atoms with E-state index in [1.165, 1.54) is 12.1 Å². The number of alkyl halides is 2. The van der Waals surface area contributed by atoms with Gasteiger partial charge in [0.05, 0.1) is 11.3 Å². The Morgan fingerprint density at radius 2 is 1.93 bits per heavy atom. The highest BCUT2D eigenvalue weighted by atomic mass is 35.5. The minimum Gasteiger partial charge on any atom is -0.486 e. The number of thioether (sulfide) groups is 1. The lowest BCUT2D eigenvalue weighted by Gasteiger charge is -2.11. The van der Waals surface area contributed by atoms with Crippen molar-refractivity contribution in [1.29, 1.82) is 0 Å². The van der Waals surface area contributed by atoms with Crippen molar-refractivity contribution in [2.45, 2.75) is 25.3 Å². The van der Waals surface area contributed by atoms with E-state index >= 15 is 0 Å². The molecular weight excluding hydrogens is 436 g/mol. The maximum Gasteiger partial charge on any atom is 0.387 e. The van der Waals surface area contributed by atoms with E-state index in [2.05, 4.69) is 14.9 Å². The summed E-state index contributed by atoms with van der Waals surface area (Å²) in [6.07, 6.45) is 0. The number of aromatic nitrogens is 3. The van der Waals surface area contributed by atoms with Gasteiger partial charge in [0.15, 0.2) is 16.8 Å². The number of carbonyl (C=O) groups excluding carboxylic acids is 1. The summed E-state index contributed by atoms with van der Waals surface area (Å²) in [5.41, 5.74) is 0.876. The molecule has 0 aliphatic rings. The maximum atomic E-state index is 12.6. The van der Waals surface area contributed by atoms with Crippen LogP contribution in [-0.4, -0.2) is 32.9 Å². The van der Waals surface area contributed by atoms with Crippen LogP contribution in [0.3, 0.4) is 0 Å². The second kappa shape index (κ2) is 9.90. The van der Waals surface area contributed by atoms with E-state index in [9.17, 15) is 13.6 Å². The number of Topliss-reactive ketones (excluding diaryl/α,β-unsaturated/α-hetero) is 1. The molecule has 3 rings (SSSR count). The number of hydrogen-bond acceptors (Lipinski definition) is 6. The predicted octanol–water partition coefficient (Wildman–Crippen LogP) is 4.93. The third-order valence-electron chi connectivity index (χ3n) is 4.09. The summed E-state index contributed by atoms with van der Waals surface area (Å²) in [5, 5.41) is 9.26. The largest absolute Gasteiger partial charge is 0.486 e. The normalized spacial score (nSPS) is 11.0. The van der Waals surface area contributed by atoms with Crippen LogP contribution in [0.4, 0.5) is 8.78 Å². The number of hydrogen-bond donors (Lipinski definition) is 0. The lowest BCUT2D eigenvalue weighted by atomic mass is 10.1. The van der Waals surface area contributed by atoms with Crippen LogP contribution < -0.4 is 9.47 Å². The van der Waals surface area contributed by atoms with Crippen molar-refractivity contribution in [2.24, 2.45) is 7.05 Å². The first-order chi connectivity index (χ1) is 14.3. The Balaban J connectivity index is 1.63. The minimum absolute atomic E-state index is 0.00688. The molecule has 10 heteroatoms. The number of halogens is 3. The zero-order valence-electron chi connectivity index (χ0n) is 16.1. The van der Waals surface area contributed by atoms with Gasteiger partial charge in [0.2, 0.25) is 0 Å². The molecule has 0 fully saturated rings. The highest BCUT2D eigenvalue weighted by molar-refractivity contribution is 7.99. The Bertz CT molecular complexity index is 1030. The zero-order chi connectivity index (χ0) is 21.7. The number of rotatable bonds is 9. The molecule has 0 bridgehead atoms. The van der Waals surface area contributed by atoms with Gasteiger partial charge in [0, 0.05) is 12.1 Å². The van der Waals surface area contributed by atoms with Crippen molar-refractivity contribution in [3.63, 3.8) is 0 Å². The fourth-order valence-electron chi connectivity index (χ4n) is 2.54. The lowest BCUT2D eigenvalue weighted by Crippen LogP contribution is -2.10.